The number of esters is 1. The Bertz CT molecular complexity index is 963. The van der Waals surface area contributed by atoms with Crippen LogP contribution in [0.25, 0.3) is 0 Å². The van der Waals surface area contributed by atoms with Crippen LogP contribution in [-0.4, -0.2) is 49.2 Å². The number of methoxy groups -OCH3 is 1. The number of carboxylic acids is 1. The van der Waals surface area contributed by atoms with Crippen molar-refractivity contribution in [2.75, 3.05) is 27.2 Å². The largest absolute Gasteiger partial charge is 0.478 e. The molecule has 6 nitrogen and oxygen atoms in total. The van der Waals surface area contributed by atoms with Crippen molar-refractivity contribution in [1.29, 1.82) is 5.26 Å². The lowest BCUT2D eigenvalue weighted by molar-refractivity contribution is 0.0599. The van der Waals surface area contributed by atoms with E-state index in [1.807, 2.05) is 32.0 Å². The van der Waals surface area contributed by atoms with E-state index in [0.717, 1.165) is 37.1 Å². The Balaban J connectivity index is 1.96. The van der Waals surface area contributed by atoms with Gasteiger partial charge < -0.3 is 14.7 Å². The minimum absolute atomic E-state index is 0.0511. The average molecular weight is 437 g/mol. The van der Waals surface area contributed by atoms with Crippen molar-refractivity contribution in [2.45, 2.75) is 38.5 Å². The van der Waals surface area contributed by atoms with E-state index in [1.165, 1.54) is 7.11 Å². The van der Waals surface area contributed by atoms with Crippen molar-refractivity contribution >= 4 is 11.9 Å². The fourth-order valence-electron chi connectivity index (χ4n) is 3.93. The first kappa shape index (κ1) is 25.1. The summed E-state index contributed by atoms with van der Waals surface area (Å²) < 4.78 is 4.72. The normalized spacial score (nSPS) is 12.9. The van der Waals surface area contributed by atoms with Gasteiger partial charge in [0.2, 0.25) is 0 Å². The van der Waals surface area contributed by atoms with Gasteiger partial charge >= 0.3 is 11.9 Å². The molecule has 0 bridgehead atoms. The summed E-state index contributed by atoms with van der Waals surface area (Å²) in [5.41, 5.74) is 1.93. The van der Waals surface area contributed by atoms with Crippen molar-refractivity contribution in [1.82, 2.24) is 4.90 Å². The number of aromatic carboxylic acids is 1. The van der Waals surface area contributed by atoms with E-state index < -0.39 is 11.4 Å². The number of likely N-dealkylation sites (N-methyl/N-ethyl adjacent to an activating group) is 1. The highest BCUT2D eigenvalue weighted by Gasteiger charge is 2.36. The van der Waals surface area contributed by atoms with Crippen LogP contribution in [0.1, 0.15) is 58.5 Å². The first-order valence-corrected chi connectivity index (χ1v) is 10.8. The number of hydrogen-bond acceptors (Lipinski definition) is 5. The average Bonchev–Trinajstić information content (AvgIpc) is 2.80. The zero-order valence-corrected chi connectivity index (χ0v) is 19.3. The monoisotopic (exact) mass is 436 g/mol. The summed E-state index contributed by atoms with van der Waals surface area (Å²) in [4.78, 5) is 25.1. The number of hydrogen-bond donors (Lipinski definition) is 1. The van der Waals surface area contributed by atoms with Crippen LogP contribution < -0.4 is 0 Å². The summed E-state index contributed by atoms with van der Waals surface area (Å²) in [5, 5.41) is 19.4. The van der Waals surface area contributed by atoms with Gasteiger partial charge in [-0.2, -0.15) is 5.26 Å². The molecule has 0 heterocycles. The number of nitrogens with zero attached hydrogens (tertiary/aromatic N) is 2. The Morgan fingerprint density at radius 2 is 1.81 bits per heavy atom. The molecule has 0 aliphatic rings. The lowest BCUT2D eigenvalue weighted by atomic mass is 9.69. The topological polar surface area (TPSA) is 90.6 Å². The van der Waals surface area contributed by atoms with Gasteiger partial charge in [0.25, 0.3) is 0 Å². The van der Waals surface area contributed by atoms with Crippen molar-refractivity contribution in [3.05, 3.63) is 70.8 Å². The Kier molecular flexibility index (Phi) is 8.98. The van der Waals surface area contributed by atoms with Crippen molar-refractivity contribution in [3.63, 3.8) is 0 Å². The highest BCUT2D eigenvalue weighted by molar-refractivity contribution is 5.89. The molecule has 0 spiro atoms. The summed E-state index contributed by atoms with van der Waals surface area (Å²) in [6.07, 6.45) is 2.33. The van der Waals surface area contributed by atoms with Gasteiger partial charge in [0.15, 0.2) is 0 Å². The molecule has 0 radical (unpaired) electrons. The van der Waals surface area contributed by atoms with Crippen molar-refractivity contribution in [2.24, 2.45) is 5.92 Å². The molecule has 0 fully saturated rings. The van der Waals surface area contributed by atoms with Gasteiger partial charge in [-0.3, -0.25) is 0 Å². The molecule has 0 aromatic heterocycles. The zero-order chi connectivity index (χ0) is 23.7. The summed E-state index contributed by atoms with van der Waals surface area (Å²) in [7, 11) is 3.42. The number of nitriles is 1. The molecule has 32 heavy (non-hydrogen) atoms. The second-order valence-electron chi connectivity index (χ2n) is 8.47. The second-order valence-corrected chi connectivity index (χ2v) is 8.47. The predicted molar refractivity (Wildman–Crippen MR) is 124 cm³/mol. The van der Waals surface area contributed by atoms with E-state index in [1.54, 1.807) is 30.3 Å². The van der Waals surface area contributed by atoms with Crippen LogP contribution in [0, 0.1) is 17.2 Å². The summed E-state index contributed by atoms with van der Waals surface area (Å²) in [6.45, 7) is 5.71. The minimum Gasteiger partial charge on any atom is -0.478 e. The third-order valence-corrected chi connectivity index (χ3v) is 6.08. The van der Waals surface area contributed by atoms with Crippen LogP contribution >= 0.6 is 0 Å². The number of carboxylic acid groups (broad SMARTS) is 1. The van der Waals surface area contributed by atoms with E-state index in [-0.39, 0.29) is 17.5 Å². The van der Waals surface area contributed by atoms with Gasteiger partial charge in [-0.25, -0.2) is 9.59 Å². The predicted octanol–water partition coefficient (Wildman–Crippen LogP) is 4.54. The number of carbonyl (C=O) groups excluding carboxylic acids is 1. The summed E-state index contributed by atoms with van der Waals surface area (Å²) in [5.74, 6) is -1.27. The number of ether oxygens (including phenoxy) is 1. The molecular formula is C26H32N2O4. The molecule has 2 aromatic rings. The Morgan fingerprint density at radius 3 is 2.38 bits per heavy atom. The third kappa shape index (κ3) is 6.18. The van der Waals surface area contributed by atoms with E-state index in [2.05, 4.69) is 18.0 Å². The fourth-order valence-corrected chi connectivity index (χ4v) is 3.93. The Hall–Kier alpha value is -3.17. The molecule has 1 atom stereocenters. The molecule has 6 heteroatoms. The Labute approximate surface area is 190 Å². The maximum Gasteiger partial charge on any atom is 0.337 e. The molecule has 0 aliphatic heterocycles. The molecule has 0 amide bonds. The van der Waals surface area contributed by atoms with Gasteiger partial charge in [-0.15, -0.1) is 0 Å². The van der Waals surface area contributed by atoms with Crippen LogP contribution in [0.3, 0.4) is 0 Å². The fraction of sp³-hybridized carbons (Fsp3) is 0.423. The highest BCUT2D eigenvalue weighted by Crippen LogP contribution is 2.37. The summed E-state index contributed by atoms with van der Waals surface area (Å²) >= 11 is 0. The zero-order valence-electron chi connectivity index (χ0n) is 19.3. The number of carbonyl (C=O) groups is 2. The second kappa shape index (κ2) is 11.4. The van der Waals surface area contributed by atoms with Crippen LogP contribution in [0.15, 0.2) is 48.5 Å². The third-order valence-electron chi connectivity index (χ3n) is 6.08. The first-order chi connectivity index (χ1) is 15.2. The maximum absolute atomic E-state index is 11.5. The van der Waals surface area contributed by atoms with E-state index in [9.17, 15) is 20.0 Å². The quantitative estimate of drug-likeness (QED) is 0.520. The summed E-state index contributed by atoms with van der Waals surface area (Å²) in [6, 6.07) is 16.7. The molecular weight excluding hydrogens is 404 g/mol. The highest BCUT2D eigenvalue weighted by atomic mass is 16.5. The maximum atomic E-state index is 11.5. The SMILES string of the molecule is COC(=O)c1ccc(CCN(C)CCCC(C#N)(c2cccc(C(=O)O)c2)C(C)C)cc1. The smallest absolute Gasteiger partial charge is 0.337 e. The van der Waals surface area contributed by atoms with Crippen LogP contribution in [0.4, 0.5) is 0 Å². The molecule has 0 saturated heterocycles. The van der Waals surface area contributed by atoms with Crippen molar-refractivity contribution in [3.8, 4) is 6.07 Å². The molecule has 0 aliphatic carbocycles. The lowest BCUT2D eigenvalue weighted by Gasteiger charge is -2.32. The van der Waals surface area contributed by atoms with Gasteiger partial charge in [-0.05, 0) is 74.2 Å². The van der Waals surface area contributed by atoms with E-state index >= 15 is 0 Å². The van der Waals surface area contributed by atoms with Gasteiger partial charge in [-0.1, -0.05) is 38.1 Å². The molecule has 1 unspecified atom stereocenters. The van der Waals surface area contributed by atoms with E-state index in [0.29, 0.717) is 12.0 Å². The van der Waals surface area contributed by atoms with Crippen molar-refractivity contribution < 1.29 is 19.4 Å². The van der Waals surface area contributed by atoms with E-state index in [4.69, 9.17) is 4.74 Å². The molecule has 2 aromatic carbocycles. The first-order valence-electron chi connectivity index (χ1n) is 10.8. The molecule has 2 rings (SSSR count). The number of benzene rings is 2. The van der Waals surface area contributed by atoms with Crippen LogP contribution in [0.2, 0.25) is 0 Å². The standard InChI is InChI=1S/C26H32N2O4/c1-19(2)26(18-27,23-8-5-7-22(17-23)24(29)30)14-6-15-28(3)16-13-20-9-11-21(12-10-20)25(31)32-4/h5,7-12,17,19H,6,13-16H2,1-4H3,(H,29,30). The Morgan fingerprint density at radius 1 is 1.12 bits per heavy atom. The molecule has 1 N–H and O–H groups in total. The minimum atomic E-state index is -0.984. The van der Waals surface area contributed by atoms with Gasteiger partial charge in [0, 0.05) is 6.54 Å². The molecule has 0 saturated carbocycles. The van der Waals surface area contributed by atoms with Gasteiger partial charge in [0.05, 0.1) is 29.7 Å². The molecule has 170 valence electrons. The number of rotatable bonds is 11. The lowest BCUT2D eigenvalue weighted by Crippen LogP contribution is -2.32. The van der Waals surface area contributed by atoms with Gasteiger partial charge in [0.1, 0.15) is 0 Å². The van der Waals surface area contributed by atoms with Crippen LogP contribution in [-0.2, 0) is 16.6 Å². The van der Waals surface area contributed by atoms with Crippen LogP contribution in [0.5, 0.6) is 0 Å².